The average Bonchev–Trinajstić information content (AvgIpc) is 2.87. The van der Waals surface area contributed by atoms with Crippen molar-refractivity contribution in [3.05, 3.63) is 40.4 Å². The number of halogens is 1. The smallest absolute Gasteiger partial charge is 0.226 e. The predicted octanol–water partition coefficient (Wildman–Crippen LogP) is 4.17. The molecular formula is C16H19ClN2OS. The average molecular weight is 323 g/mol. The Morgan fingerprint density at radius 2 is 2.05 bits per heavy atom. The zero-order chi connectivity index (χ0) is 15.4. The lowest BCUT2D eigenvalue weighted by atomic mass is 10.1. The maximum atomic E-state index is 12.0. The van der Waals surface area contributed by atoms with Gasteiger partial charge in [-0.05, 0) is 18.9 Å². The Morgan fingerprint density at radius 3 is 2.71 bits per heavy atom. The van der Waals surface area contributed by atoms with Gasteiger partial charge in [0, 0.05) is 17.0 Å². The number of thiazole rings is 1. The van der Waals surface area contributed by atoms with Crippen LogP contribution in [0.2, 0.25) is 5.02 Å². The Labute approximate surface area is 134 Å². The molecule has 5 heteroatoms. The highest BCUT2D eigenvalue weighted by atomic mass is 35.5. The van der Waals surface area contributed by atoms with Crippen molar-refractivity contribution in [1.29, 1.82) is 0 Å². The highest BCUT2D eigenvalue weighted by Crippen LogP contribution is 2.30. The molecule has 112 valence electrons. The van der Waals surface area contributed by atoms with Gasteiger partial charge in [-0.1, -0.05) is 43.6 Å². The van der Waals surface area contributed by atoms with Crippen molar-refractivity contribution in [1.82, 2.24) is 10.3 Å². The summed E-state index contributed by atoms with van der Waals surface area (Å²) >= 11 is 7.67. The van der Waals surface area contributed by atoms with E-state index in [4.69, 9.17) is 11.6 Å². The van der Waals surface area contributed by atoms with Crippen molar-refractivity contribution in [2.45, 2.75) is 33.2 Å². The van der Waals surface area contributed by atoms with Crippen LogP contribution in [0.5, 0.6) is 0 Å². The second kappa shape index (κ2) is 7.05. The van der Waals surface area contributed by atoms with Crippen LogP contribution in [0.3, 0.4) is 0 Å². The normalized spacial score (nSPS) is 12.4. The number of nitrogens with one attached hydrogen (secondary N) is 1. The van der Waals surface area contributed by atoms with Crippen molar-refractivity contribution in [3.8, 4) is 10.6 Å². The van der Waals surface area contributed by atoms with Crippen LogP contribution in [0.25, 0.3) is 10.6 Å². The van der Waals surface area contributed by atoms with E-state index in [0.29, 0.717) is 17.4 Å². The Balaban J connectivity index is 2.04. The standard InChI is InChI=1S/C16H19ClN2OS/c1-10(2)11(3)18-15(20)8-12-9-21-16(19-12)13-6-4-5-7-14(13)17/h4-7,9-11H,8H2,1-3H3,(H,18,20). The summed E-state index contributed by atoms with van der Waals surface area (Å²) in [5, 5.41) is 6.43. The molecule has 1 unspecified atom stereocenters. The zero-order valence-corrected chi connectivity index (χ0v) is 14.0. The Bertz CT molecular complexity index is 624. The second-order valence-electron chi connectivity index (χ2n) is 5.40. The number of rotatable bonds is 5. The highest BCUT2D eigenvalue weighted by Gasteiger charge is 2.14. The van der Waals surface area contributed by atoms with Crippen LogP contribution >= 0.6 is 22.9 Å². The van der Waals surface area contributed by atoms with Gasteiger partial charge in [0.15, 0.2) is 0 Å². The van der Waals surface area contributed by atoms with Gasteiger partial charge in [0.05, 0.1) is 17.1 Å². The molecule has 1 amide bonds. The Kier molecular flexibility index (Phi) is 5.37. The Morgan fingerprint density at radius 1 is 1.33 bits per heavy atom. The third kappa shape index (κ3) is 4.29. The van der Waals surface area contributed by atoms with Crippen molar-refractivity contribution >= 4 is 28.8 Å². The van der Waals surface area contributed by atoms with E-state index in [-0.39, 0.29) is 11.9 Å². The molecule has 1 heterocycles. The molecule has 1 atom stereocenters. The molecular weight excluding hydrogens is 304 g/mol. The molecule has 0 spiro atoms. The zero-order valence-electron chi connectivity index (χ0n) is 12.4. The first-order valence-corrected chi connectivity index (χ1v) is 8.21. The summed E-state index contributed by atoms with van der Waals surface area (Å²) in [7, 11) is 0. The number of amides is 1. The lowest BCUT2D eigenvalue weighted by Gasteiger charge is -2.16. The molecule has 1 aromatic heterocycles. The first kappa shape index (κ1) is 16.0. The van der Waals surface area contributed by atoms with E-state index in [0.717, 1.165) is 16.3 Å². The molecule has 0 aliphatic carbocycles. The van der Waals surface area contributed by atoms with E-state index in [1.807, 2.05) is 36.6 Å². The minimum Gasteiger partial charge on any atom is -0.353 e. The summed E-state index contributed by atoms with van der Waals surface area (Å²) in [6, 6.07) is 7.76. The summed E-state index contributed by atoms with van der Waals surface area (Å²) in [4.78, 5) is 16.5. The number of hydrogen-bond donors (Lipinski definition) is 1. The van der Waals surface area contributed by atoms with E-state index in [2.05, 4.69) is 24.1 Å². The van der Waals surface area contributed by atoms with E-state index in [1.54, 1.807) is 0 Å². The molecule has 1 N–H and O–H groups in total. The maximum Gasteiger partial charge on any atom is 0.226 e. The third-order valence-electron chi connectivity index (χ3n) is 3.39. The molecule has 0 fully saturated rings. The van der Waals surface area contributed by atoms with Crippen LogP contribution in [0, 0.1) is 5.92 Å². The number of nitrogens with zero attached hydrogens (tertiary/aromatic N) is 1. The molecule has 0 aliphatic rings. The Hall–Kier alpha value is -1.39. The molecule has 0 bridgehead atoms. The van der Waals surface area contributed by atoms with Crippen LogP contribution < -0.4 is 5.32 Å². The molecule has 3 nitrogen and oxygen atoms in total. The maximum absolute atomic E-state index is 12.0. The second-order valence-corrected chi connectivity index (χ2v) is 6.67. The molecule has 0 radical (unpaired) electrons. The third-order valence-corrected chi connectivity index (χ3v) is 4.64. The first-order chi connectivity index (χ1) is 9.97. The summed E-state index contributed by atoms with van der Waals surface area (Å²) in [6.07, 6.45) is 0.304. The van der Waals surface area contributed by atoms with Crippen molar-refractivity contribution in [2.24, 2.45) is 5.92 Å². The van der Waals surface area contributed by atoms with Gasteiger partial charge >= 0.3 is 0 Å². The number of carbonyl (C=O) groups is 1. The molecule has 0 saturated carbocycles. The lowest BCUT2D eigenvalue weighted by molar-refractivity contribution is -0.121. The summed E-state index contributed by atoms with van der Waals surface area (Å²) < 4.78 is 0. The van der Waals surface area contributed by atoms with Gasteiger partial charge in [-0.25, -0.2) is 4.98 Å². The largest absolute Gasteiger partial charge is 0.353 e. The molecule has 2 rings (SSSR count). The van der Waals surface area contributed by atoms with Crippen LogP contribution in [0.4, 0.5) is 0 Å². The lowest BCUT2D eigenvalue weighted by Crippen LogP contribution is -2.37. The van der Waals surface area contributed by atoms with E-state index >= 15 is 0 Å². The molecule has 2 aromatic rings. The van der Waals surface area contributed by atoms with Gasteiger partial charge in [-0.15, -0.1) is 11.3 Å². The van der Waals surface area contributed by atoms with Crippen LogP contribution in [0.15, 0.2) is 29.6 Å². The monoisotopic (exact) mass is 322 g/mol. The molecule has 0 saturated heterocycles. The quantitative estimate of drug-likeness (QED) is 0.897. The summed E-state index contributed by atoms with van der Waals surface area (Å²) in [5.41, 5.74) is 1.69. The predicted molar refractivity (Wildman–Crippen MR) is 88.7 cm³/mol. The summed E-state index contributed by atoms with van der Waals surface area (Å²) in [5.74, 6) is 0.426. The highest BCUT2D eigenvalue weighted by molar-refractivity contribution is 7.13. The minimum atomic E-state index is 0.00667. The number of hydrogen-bond acceptors (Lipinski definition) is 3. The molecule has 1 aromatic carbocycles. The topological polar surface area (TPSA) is 42.0 Å². The van der Waals surface area contributed by atoms with E-state index in [1.165, 1.54) is 11.3 Å². The minimum absolute atomic E-state index is 0.00667. The molecule has 0 aliphatic heterocycles. The number of aromatic nitrogens is 1. The fraction of sp³-hybridized carbons (Fsp3) is 0.375. The van der Waals surface area contributed by atoms with Crippen LogP contribution in [-0.4, -0.2) is 16.9 Å². The van der Waals surface area contributed by atoms with Gasteiger partial charge in [-0.2, -0.15) is 0 Å². The van der Waals surface area contributed by atoms with Gasteiger partial charge in [0.1, 0.15) is 5.01 Å². The molecule has 21 heavy (non-hydrogen) atoms. The first-order valence-electron chi connectivity index (χ1n) is 6.96. The van der Waals surface area contributed by atoms with Crippen molar-refractivity contribution in [2.75, 3.05) is 0 Å². The van der Waals surface area contributed by atoms with Gasteiger partial charge in [0.25, 0.3) is 0 Å². The van der Waals surface area contributed by atoms with Crippen LogP contribution in [0.1, 0.15) is 26.5 Å². The van der Waals surface area contributed by atoms with E-state index in [9.17, 15) is 4.79 Å². The summed E-state index contributed by atoms with van der Waals surface area (Å²) in [6.45, 7) is 6.19. The van der Waals surface area contributed by atoms with Crippen molar-refractivity contribution in [3.63, 3.8) is 0 Å². The van der Waals surface area contributed by atoms with Gasteiger partial charge in [-0.3, -0.25) is 4.79 Å². The number of benzene rings is 1. The van der Waals surface area contributed by atoms with Gasteiger partial charge in [0.2, 0.25) is 5.91 Å². The SMILES string of the molecule is CC(C)C(C)NC(=O)Cc1csc(-c2ccccc2Cl)n1. The van der Waals surface area contributed by atoms with Gasteiger partial charge < -0.3 is 5.32 Å². The fourth-order valence-corrected chi connectivity index (χ4v) is 2.92. The fourth-order valence-electron chi connectivity index (χ4n) is 1.78. The van der Waals surface area contributed by atoms with Crippen molar-refractivity contribution < 1.29 is 4.79 Å². The van der Waals surface area contributed by atoms with E-state index < -0.39 is 0 Å². The van der Waals surface area contributed by atoms with Crippen LogP contribution in [-0.2, 0) is 11.2 Å². The number of carbonyl (C=O) groups excluding carboxylic acids is 1.